The van der Waals surface area contributed by atoms with Crippen LogP contribution in [0.4, 0.5) is 14.5 Å². The van der Waals surface area contributed by atoms with Crippen molar-refractivity contribution in [3.05, 3.63) is 53.1 Å². The van der Waals surface area contributed by atoms with Crippen LogP contribution in [0.1, 0.15) is 0 Å². The Balaban J connectivity index is 2.21. The molecule has 2 N–H and O–H groups in total. The van der Waals surface area contributed by atoms with Crippen LogP contribution < -0.4 is 5.73 Å². The number of hydrogen-bond donors (Lipinski definition) is 1. The zero-order chi connectivity index (χ0) is 15.0. The summed E-state index contributed by atoms with van der Waals surface area (Å²) in [7, 11) is 0. The van der Waals surface area contributed by atoms with Crippen LogP contribution in [-0.2, 0) is 0 Å². The number of nitrogens with zero attached hydrogens (tertiary/aromatic N) is 4. The number of aromatic nitrogens is 4. The molecule has 0 unspecified atom stereocenters. The molecule has 0 saturated carbocycles. The van der Waals surface area contributed by atoms with Crippen LogP contribution in [0.2, 0.25) is 5.02 Å². The van der Waals surface area contributed by atoms with E-state index < -0.39 is 11.6 Å². The summed E-state index contributed by atoms with van der Waals surface area (Å²) in [5.41, 5.74) is 6.43. The average molecular weight is 308 g/mol. The van der Waals surface area contributed by atoms with Gasteiger partial charge in [-0.15, -0.1) is 5.10 Å². The molecule has 21 heavy (non-hydrogen) atoms. The molecule has 1 heterocycles. The lowest BCUT2D eigenvalue weighted by molar-refractivity contribution is 0.509. The van der Waals surface area contributed by atoms with E-state index in [-0.39, 0.29) is 17.1 Å². The zero-order valence-electron chi connectivity index (χ0n) is 10.5. The molecule has 1 aromatic heterocycles. The van der Waals surface area contributed by atoms with Crippen molar-refractivity contribution in [3.63, 3.8) is 0 Å². The van der Waals surface area contributed by atoms with E-state index in [9.17, 15) is 8.78 Å². The van der Waals surface area contributed by atoms with Gasteiger partial charge in [0.05, 0.1) is 10.7 Å². The Morgan fingerprint density at radius 3 is 2.57 bits per heavy atom. The lowest BCUT2D eigenvalue weighted by atomic mass is 10.1. The third-order valence-corrected chi connectivity index (χ3v) is 3.20. The Hall–Kier alpha value is -2.54. The molecule has 0 aliphatic rings. The summed E-state index contributed by atoms with van der Waals surface area (Å²) in [6.45, 7) is 0. The number of halogens is 3. The molecule has 0 aliphatic carbocycles. The molecule has 0 radical (unpaired) electrons. The Kier molecular flexibility index (Phi) is 3.26. The van der Waals surface area contributed by atoms with E-state index in [0.29, 0.717) is 10.7 Å². The first kappa shape index (κ1) is 13.4. The zero-order valence-corrected chi connectivity index (χ0v) is 11.2. The van der Waals surface area contributed by atoms with Gasteiger partial charge in [0.25, 0.3) is 0 Å². The van der Waals surface area contributed by atoms with Crippen molar-refractivity contribution in [2.24, 2.45) is 0 Å². The number of rotatable bonds is 2. The van der Waals surface area contributed by atoms with Gasteiger partial charge in [0.1, 0.15) is 0 Å². The van der Waals surface area contributed by atoms with Crippen molar-refractivity contribution >= 4 is 17.3 Å². The lowest BCUT2D eigenvalue weighted by Gasteiger charge is -2.08. The largest absolute Gasteiger partial charge is 0.398 e. The number of benzene rings is 2. The minimum atomic E-state index is -1.03. The van der Waals surface area contributed by atoms with E-state index in [2.05, 4.69) is 15.5 Å². The number of nitrogen functional groups attached to an aromatic ring is 1. The first-order valence-electron chi connectivity index (χ1n) is 5.86. The first-order chi connectivity index (χ1) is 10.1. The van der Waals surface area contributed by atoms with Gasteiger partial charge in [0.2, 0.25) is 0 Å². The fourth-order valence-electron chi connectivity index (χ4n) is 1.90. The molecule has 0 atom stereocenters. The summed E-state index contributed by atoms with van der Waals surface area (Å²) >= 11 is 6.09. The van der Waals surface area contributed by atoms with Gasteiger partial charge in [-0.3, -0.25) is 0 Å². The minimum absolute atomic E-state index is 0.0250. The predicted molar refractivity (Wildman–Crippen MR) is 73.9 cm³/mol. The highest BCUT2D eigenvalue weighted by Gasteiger charge is 2.17. The van der Waals surface area contributed by atoms with E-state index in [1.165, 1.54) is 4.68 Å². The maximum Gasteiger partial charge on any atom is 0.189 e. The Morgan fingerprint density at radius 2 is 1.81 bits per heavy atom. The van der Waals surface area contributed by atoms with Gasteiger partial charge in [0.15, 0.2) is 17.5 Å². The fraction of sp³-hybridized carbons (Fsp3) is 0. The van der Waals surface area contributed by atoms with Crippen molar-refractivity contribution in [1.82, 2.24) is 20.2 Å². The summed E-state index contributed by atoms with van der Waals surface area (Å²) in [6, 6.07) is 8.69. The number of hydrogen-bond acceptors (Lipinski definition) is 4. The number of tetrazole rings is 1. The second-order valence-corrected chi connectivity index (χ2v) is 4.63. The van der Waals surface area contributed by atoms with E-state index in [4.69, 9.17) is 17.3 Å². The molecule has 106 valence electrons. The molecule has 0 amide bonds. The smallest absolute Gasteiger partial charge is 0.189 e. The van der Waals surface area contributed by atoms with E-state index in [1.807, 2.05) is 0 Å². The van der Waals surface area contributed by atoms with Gasteiger partial charge in [-0.05, 0) is 28.6 Å². The van der Waals surface area contributed by atoms with Crippen molar-refractivity contribution in [3.8, 4) is 17.1 Å². The Morgan fingerprint density at radius 1 is 1.10 bits per heavy atom. The second-order valence-electron chi connectivity index (χ2n) is 4.22. The van der Waals surface area contributed by atoms with Crippen LogP contribution in [0.15, 0.2) is 36.4 Å². The van der Waals surface area contributed by atoms with Crippen molar-refractivity contribution in [2.75, 3.05) is 5.73 Å². The van der Waals surface area contributed by atoms with Gasteiger partial charge in [0, 0.05) is 17.3 Å². The van der Waals surface area contributed by atoms with E-state index in [0.717, 1.165) is 12.1 Å². The van der Waals surface area contributed by atoms with Crippen molar-refractivity contribution in [2.45, 2.75) is 0 Å². The maximum atomic E-state index is 13.4. The van der Waals surface area contributed by atoms with Gasteiger partial charge >= 0.3 is 0 Å². The summed E-state index contributed by atoms with van der Waals surface area (Å²) < 4.78 is 27.9. The monoisotopic (exact) mass is 307 g/mol. The number of anilines is 1. The molecular formula is C13H8ClF2N5. The van der Waals surface area contributed by atoms with Crippen molar-refractivity contribution in [1.29, 1.82) is 0 Å². The van der Waals surface area contributed by atoms with Crippen LogP contribution >= 0.6 is 11.6 Å². The summed E-state index contributed by atoms with van der Waals surface area (Å²) in [6.07, 6.45) is 0. The summed E-state index contributed by atoms with van der Waals surface area (Å²) in [5.74, 6) is -1.90. The van der Waals surface area contributed by atoms with Crippen LogP contribution in [0, 0.1) is 11.6 Å². The van der Waals surface area contributed by atoms with Crippen LogP contribution in [0.5, 0.6) is 0 Å². The van der Waals surface area contributed by atoms with E-state index in [1.54, 1.807) is 24.3 Å². The third-order valence-electron chi connectivity index (χ3n) is 2.88. The fourth-order valence-corrected chi connectivity index (χ4v) is 2.11. The highest BCUT2D eigenvalue weighted by Crippen LogP contribution is 2.29. The van der Waals surface area contributed by atoms with Crippen molar-refractivity contribution < 1.29 is 8.78 Å². The highest BCUT2D eigenvalue weighted by molar-refractivity contribution is 6.32. The summed E-state index contributed by atoms with van der Waals surface area (Å²) in [4.78, 5) is 0. The minimum Gasteiger partial charge on any atom is -0.398 e. The van der Waals surface area contributed by atoms with Gasteiger partial charge < -0.3 is 5.73 Å². The SMILES string of the molecule is Nc1cc(F)c(F)cc1-c1nnnn1-c1ccccc1Cl. The molecule has 0 spiro atoms. The molecular weight excluding hydrogens is 300 g/mol. The van der Waals surface area contributed by atoms with Gasteiger partial charge in [-0.1, -0.05) is 23.7 Å². The molecule has 0 aliphatic heterocycles. The molecule has 0 saturated heterocycles. The van der Waals surface area contributed by atoms with Gasteiger partial charge in [-0.25, -0.2) is 8.78 Å². The van der Waals surface area contributed by atoms with Crippen LogP contribution in [0.3, 0.4) is 0 Å². The van der Waals surface area contributed by atoms with Crippen LogP contribution in [0.25, 0.3) is 17.1 Å². The highest BCUT2D eigenvalue weighted by atomic mass is 35.5. The second kappa shape index (κ2) is 5.10. The Bertz CT molecular complexity index is 818. The molecule has 0 fully saturated rings. The summed E-state index contributed by atoms with van der Waals surface area (Å²) in [5, 5.41) is 11.6. The Labute approximate surface area is 123 Å². The normalized spacial score (nSPS) is 10.8. The molecule has 0 bridgehead atoms. The molecule has 5 nitrogen and oxygen atoms in total. The standard InChI is InChI=1S/C13H8ClF2N5/c14-8-3-1-2-4-12(8)21-13(18-19-20-21)7-5-9(15)10(16)6-11(7)17/h1-6H,17H2. The average Bonchev–Trinajstić information content (AvgIpc) is 2.92. The van der Waals surface area contributed by atoms with Gasteiger partial charge in [-0.2, -0.15) is 4.68 Å². The topological polar surface area (TPSA) is 69.6 Å². The molecule has 8 heteroatoms. The first-order valence-corrected chi connectivity index (χ1v) is 6.24. The molecule has 2 aromatic carbocycles. The van der Waals surface area contributed by atoms with E-state index >= 15 is 0 Å². The molecule has 3 rings (SSSR count). The lowest BCUT2D eigenvalue weighted by Crippen LogP contribution is -2.03. The maximum absolute atomic E-state index is 13.4. The third kappa shape index (κ3) is 2.31. The van der Waals surface area contributed by atoms with Crippen LogP contribution in [-0.4, -0.2) is 20.2 Å². The predicted octanol–water partition coefficient (Wildman–Crippen LogP) is 2.84. The number of para-hydroxylation sites is 1. The molecule has 3 aromatic rings. The quantitative estimate of drug-likeness (QED) is 0.739. The number of nitrogens with two attached hydrogens (primary N) is 1.